The summed E-state index contributed by atoms with van der Waals surface area (Å²) in [7, 11) is 0. The first kappa shape index (κ1) is 71.1. The number of ether oxygens (including phenoxy) is 3. The van der Waals surface area contributed by atoms with Crippen LogP contribution in [0, 0.1) is 0 Å². The van der Waals surface area contributed by atoms with Crippen molar-refractivity contribution in [1.82, 2.24) is 0 Å². The van der Waals surface area contributed by atoms with E-state index < -0.39 is 6.10 Å². The zero-order chi connectivity index (χ0) is 53.6. The Labute approximate surface area is 460 Å². The van der Waals surface area contributed by atoms with Crippen LogP contribution in [0.25, 0.3) is 0 Å². The number of hydrogen-bond acceptors (Lipinski definition) is 6. The highest BCUT2D eigenvalue weighted by Crippen LogP contribution is 2.17. The van der Waals surface area contributed by atoms with Crippen LogP contribution >= 0.6 is 0 Å². The maximum Gasteiger partial charge on any atom is 0.306 e. The molecule has 0 aromatic rings. The summed E-state index contributed by atoms with van der Waals surface area (Å²) < 4.78 is 16.9. The molecule has 430 valence electrons. The average Bonchev–Trinajstić information content (AvgIpc) is 3.40. The predicted molar refractivity (Wildman–Crippen MR) is 321 cm³/mol. The summed E-state index contributed by atoms with van der Waals surface area (Å²) in [5, 5.41) is 0. The molecule has 0 spiro atoms. The van der Waals surface area contributed by atoms with Crippen LogP contribution in [0.1, 0.15) is 335 Å². The van der Waals surface area contributed by atoms with Crippen LogP contribution in [0.2, 0.25) is 0 Å². The molecule has 0 amide bonds. The molecular formula is C68H122O6. The van der Waals surface area contributed by atoms with Gasteiger partial charge in [-0.2, -0.15) is 0 Å². The van der Waals surface area contributed by atoms with Crippen molar-refractivity contribution in [3.05, 3.63) is 60.8 Å². The van der Waals surface area contributed by atoms with Crippen LogP contribution < -0.4 is 0 Å². The Bertz CT molecular complexity index is 1330. The lowest BCUT2D eigenvalue weighted by atomic mass is 10.0. The molecule has 1 unspecified atom stereocenters. The van der Waals surface area contributed by atoms with Crippen molar-refractivity contribution in [2.45, 2.75) is 341 Å². The van der Waals surface area contributed by atoms with Crippen LogP contribution in [0.3, 0.4) is 0 Å². The summed E-state index contributed by atoms with van der Waals surface area (Å²) in [4.78, 5) is 38.3. The Balaban J connectivity index is 4.32. The van der Waals surface area contributed by atoms with Gasteiger partial charge in [-0.3, -0.25) is 14.4 Å². The highest BCUT2D eigenvalue weighted by molar-refractivity contribution is 5.71. The summed E-state index contributed by atoms with van der Waals surface area (Å²) in [6.45, 7) is 6.55. The molecule has 0 fully saturated rings. The molecule has 0 aromatic heterocycles. The molecule has 6 nitrogen and oxygen atoms in total. The lowest BCUT2D eigenvalue weighted by molar-refractivity contribution is -0.167. The van der Waals surface area contributed by atoms with E-state index in [2.05, 4.69) is 81.5 Å². The van der Waals surface area contributed by atoms with Crippen molar-refractivity contribution in [3.63, 3.8) is 0 Å². The molecule has 0 radical (unpaired) electrons. The maximum absolute atomic E-state index is 12.9. The van der Waals surface area contributed by atoms with Gasteiger partial charge in [0.05, 0.1) is 0 Å². The summed E-state index contributed by atoms with van der Waals surface area (Å²) >= 11 is 0. The minimum Gasteiger partial charge on any atom is -0.462 e. The van der Waals surface area contributed by atoms with Gasteiger partial charge in [0.15, 0.2) is 6.10 Å². The molecule has 1 atom stereocenters. The van der Waals surface area contributed by atoms with Gasteiger partial charge >= 0.3 is 17.9 Å². The van der Waals surface area contributed by atoms with Crippen LogP contribution in [-0.2, 0) is 28.6 Å². The Kier molecular flexibility index (Phi) is 60.2. The van der Waals surface area contributed by atoms with Crippen LogP contribution in [0.15, 0.2) is 60.8 Å². The molecule has 0 saturated carbocycles. The first-order chi connectivity index (χ1) is 36.5. The highest BCUT2D eigenvalue weighted by atomic mass is 16.6. The van der Waals surface area contributed by atoms with Crippen molar-refractivity contribution >= 4 is 17.9 Å². The highest BCUT2D eigenvalue weighted by Gasteiger charge is 2.19. The molecule has 0 saturated heterocycles. The van der Waals surface area contributed by atoms with Crippen molar-refractivity contribution in [3.8, 4) is 0 Å². The van der Waals surface area contributed by atoms with Crippen molar-refractivity contribution in [1.29, 1.82) is 0 Å². The minimum absolute atomic E-state index is 0.0796. The zero-order valence-corrected chi connectivity index (χ0v) is 49.4. The fourth-order valence-corrected chi connectivity index (χ4v) is 9.43. The third-order valence-corrected chi connectivity index (χ3v) is 14.3. The van der Waals surface area contributed by atoms with E-state index >= 15 is 0 Å². The number of carbonyl (C=O) groups is 3. The van der Waals surface area contributed by atoms with Gasteiger partial charge in [0.2, 0.25) is 0 Å². The molecule has 6 heteroatoms. The second-order valence-electron chi connectivity index (χ2n) is 21.6. The summed E-state index contributed by atoms with van der Waals surface area (Å²) in [5.74, 6) is -0.884. The van der Waals surface area contributed by atoms with Gasteiger partial charge < -0.3 is 14.2 Å². The number of unbranched alkanes of at least 4 members (excludes halogenated alkanes) is 38. The Hall–Kier alpha value is -2.89. The van der Waals surface area contributed by atoms with E-state index in [-0.39, 0.29) is 31.1 Å². The van der Waals surface area contributed by atoms with Gasteiger partial charge in [0.25, 0.3) is 0 Å². The van der Waals surface area contributed by atoms with Gasteiger partial charge in [-0.05, 0) is 83.5 Å². The number of carbonyl (C=O) groups excluding carboxylic acids is 3. The molecule has 0 aromatic carbocycles. The number of hydrogen-bond donors (Lipinski definition) is 0. The van der Waals surface area contributed by atoms with Crippen LogP contribution in [0.4, 0.5) is 0 Å². The monoisotopic (exact) mass is 1030 g/mol. The molecule has 74 heavy (non-hydrogen) atoms. The van der Waals surface area contributed by atoms with E-state index in [1.807, 2.05) is 0 Å². The van der Waals surface area contributed by atoms with E-state index in [0.29, 0.717) is 19.3 Å². The summed E-state index contributed by atoms with van der Waals surface area (Å²) in [5.41, 5.74) is 0. The number of rotatable bonds is 59. The van der Waals surface area contributed by atoms with Gasteiger partial charge in [-0.1, -0.05) is 293 Å². The fourth-order valence-electron chi connectivity index (χ4n) is 9.43. The van der Waals surface area contributed by atoms with Crippen LogP contribution in [-0.4, -0.2) is 37.2 Å². The smallest absolute Gasteiger partial charge is 0.306 e. The second-order valence-corrected chi connectivity index (χ2v) is 21.6. The molecular weight excluding hydrogens is 913 g/mol. The summed E-state index contributed by atoms with van der Waals surface area (Å²) in [6, 6.07) is 0. The number of allylic oxidation sites excluding steroid dienone is 10. The first-order valence-corrected chi connectivity index (χ1v) is 32.3. The van der Waals surface area contributed by atoms with E-state index in [9.17, 15) is 14.4 Å². The van der Waals surface area contributed by atoms with E-state index in [0.717, 1.165) is 103 Å². The molecule has 0 heterocycles. The van der Waals surface area contributed by atoms with E-state index in [1.54, 1.807) is 0 Å². The Morgan fingerprint density at radius 2 is 0.527 bits per heavy atom. The molecule has 0 N–H and O–H groups in total. The van der Waals surface area contributed by atoms with Crippen LogP contribution in [0.5, 0.6) is 0 Å². The van der Waals surface area contributed by atoms with Crippen molar-refractivity contribution in [2.75, 3.05) is 13.2 Å². The largest absolute Gasteiger partial charge is 0.462 e. The van der Waals surface area contributed by atoms with E-state index in [4.69, 9.17) is 14.2 Å². The third-order valence-electron chi connectivity index (χ3n) is 14.3. The molecule has 0 rings (SSSR count). The SMILES string of the molecule is CC/C=C\C/C=C\C/C=C\C/C=C\CCCCCCCCC(=O)OC(COC(=O)CCCCCCC/C=C\CCCCCCC)COC(=O)CCCCCCCCCCCCCCCCCCCCCCCCC. The fraction of sp³-hybridized carbons (Fsp3) is 0.809. The van der Waals surface area contributed by atoms with Crippen molar-refractivity contribution < 1.29 is 28.6 Å². The first-order valence-electron chi connectivity index (χ1n) is 32.3. The number of esters is 3. The lowest BCUT2D eigenvalue weighted by Gasteiger charge is -2.18. The Morgan fingerprint density at radius 3 is 0.838 bits per heavy atom. The van der Waals surface area contributed by atoms with Gasteiger partial charge in [-0.25, -0.2) is 0 Å². The average molecular weight is 1040 g/mol. The zero-order valence-electron chi connectivity index (χ0n) is 49.4. The predicted octanol–water partition coefficient (Wildman–Crippen LogP) is 21.9. The minimum atomic E-state index is -0.785. The summed E-state index contributed by atoms with van der Waals surface area (Å²) in [6.07, 6.45) is 79.4. The topological polar surface area (TPSA) is 78.9 Å². The second kappa shape index (κ2) is 62.6. The molecule has 0 bridgehead atoms. The standard InChI is InChI=1S/C68H122O6/c1-4-7-10-13-16-19-22-25-28-30-32-33-34-35-37-38-40-43-46-49-52-55-58-61-67(70)73-64-65(63-72-66(69)60-57-54-51-48-45-42-27-24-21-18-15-12-9-6-3)74-68(71)62-59-56-53-50-47-44-41-39-36-31-29-26-23-20-17-14-11-8-5-2/h8,11,17,20,24,26-27,29,36,39,65H,4-7,9-10,12-16,18-19,21-23,25,28,30-35,37-38,40-64H2,1-3H3/b11-8-,20-17-,27-24-,29-26-,39-36-. The molecule has 0 aliphatic heterocycles. The van der Waals surface area contributed by atoms with Gasteiger partial charge in [0, 0.05) is 19.3 Å². The molecule has 0 aliphatic carbocycles. The van der Waals surface area contributed by atoms with E-state index in [1.165, 1.54) is 193 Å². The van der Waals surface area contributed by atoms with Crippen molar-refractivity contribution in [2.24, 2.45) is 0 Å². The normalized spacial score (nSPS) is 12.4. The van der Waals surface area contributed by atoms with Gasteiger partial charge in [-0.15, -0.1) is 0 Å². The van der Waals surface area contributed by atoms with Gasteiger partial charge in [0.1, 0.15) is 13.2 Å². The molecule has 0 aliphatic rings. The maximum atomic E-state index is 12.9. The third kappa shape index (κ3) is 60.0. The lowest BCUT2D eigenvalue weighted by Crippen LogP contribution is -2.30. The Morgan fingerprint density at radius 1 is 0.284 bits per heavy atom. The quantitative estimate of drug-likeness (QED) is 0.0261.